The Labute approximate surface area is 153 Å². The van der Waals surface area contributed by atoms with Gasteiger partial charge in [0.05, 0.1) is 6.42 Å². The highest BCUT2D eigenvalue weighted by Crippen LogP contribution is 2.25. The summed E-state index contributed by atoms with van der Waals surface area (Å²) in [6.45, 7) is 0.290. The van der Waals surface area contributed by atoms with E-state index in [1.54, 1.807) is 0 Å². The molecule has 1 aliphatic rings. The molecule has 1 heterocycles. The standard InChI is InChI=1S/C19H17F3N2O3/c20-19(21,22)27-15-8-6-14(7-9-15)23-16-12-17(25)24(18(16)26)11-10-13-4-2-1-3-5-13/h1-9,16,23H,10-12H2/t16-/m1/s1. The Hall–Kier alpha value is -3.03. The predicted molar refractivity (Wildman–Crippen MR) is 92.0 cm³/mol. The summed E-state index contributed by atoms with van der Waals surface area (Å²) in [6.07, 6.45) is -4.19. The Morgan fingerprint density at radius 2 is 1.70 bits per heavy atom. The van der Waals surface area contributed by atoms with Gasteiger partial charge in [-0.3, -0.25) is 14.5 Å². The monoisotopic (exact) mass is 378 g/mol. The van der Waals surface area contributed by atoms with Crippen molar-refractivity contribution in [2.24, 2.45) is 0 Å². The number of anilines is 1. The molecule has 0 unspecified atom stereocenters. The SMILES string of the molecule is O=C1C[C@@H](Nc2ccc(OC(F)(F)F)cc2)C(=O)N1CCc1ccccc1. The molecule has 1 aliphatic heterocycles. The first-order valence-electron chi connectivity index (χ1n) is 8.32. The van der Waals surface area contributed by atoms with Gasteiger partial charge in [-0.05, 0) is 36.2 Å². The lowest BCUT2D eigenvalue weighted by Gasteiger charge is -2.16. The molecule has 1 fully saturated rings. The van der Waals surface area contributed by atoms with Gasteiger partial charge in [0.2, 0.25) is 5.91 Å². The van der Waals surface area contributed by atoms with E-state index in [2.05, 4.69) is 10.1 Å². The second-order valence-corrected chi connectivity index (χ2v) is 6.09. The molecular formula is C19H17F3N2O3. The third kappa shape index (κ3) is 4.99. The molecule has 2 amide bonds. The van der Waals surface area contributed by atoms with Gasteiger partial charge >= 0.3 is 6.36 Å². The van der Waals surface area contributed by atoms with Gasteiger partial charge in [0.1, 0.15) is 11.8 Å². The van der Waals surface area contributed by atoms with Crippen LogP contribution in [-0.4, -0.2) is 35.7 Å². The van der Waals surface area contributed by atoms with Crippen LogP contribution in [0.25, 0.3) is 0 Å². The fourth-order valence-corrected chi connectivity index (χ4v) is 2.87. The van der Waals surface area contributed by atoms with Crippen molar-refractivity contribution in [2.45, 2.75) is 25.2 Å². The van der Waals surface area contributed by atoms with Gasteiger partial charge in [-0.25, -0.2) is 0 Å². The van der Waals surface area contributed by atoms with Gasteiger partial charge in [0, 0.05) is 12.2 Å². The molecule has 1 atom stereocenters. The largest absolute Gasteiger partial charge is 0.573 e. The second-order valence-electron chi connectivity index (χ2n) is 6.09. The Bertz CT molecular complexity index is 807. The molecule has 0 aromatic heterocycles. The summed E-state index contributed by atoms with van der Waals surface area (Å²) in [5, 5.41) is 2.89. The van der Waals surface area contributed by atoms with Crippen LogP contribution in [0.2, 0.25) is 0 Å². The molecule has 0 aliphatic carbocycles. The predicted octanol–water partition coefficient (Wildman–Crippen LogP) is 3.37. The van der Waals surface area contributed by atoms with Crippen molar-refractivity contribution in [3.63, 3.8) is 0 Å². The molecule has 5 nitrogen and oxygen atoms in total. The van der Waals surface area contributed by atoms with E-state index in [1.807, 2.05) is 30.3 Å². The average molecular weight is 378 g/mol. The number of nitrogens with one attached hydrogen (secondary N) is 1. The molecule has 8 heteroatoms. The number of likely N-dealkylation sites (tertiary alicyclic amines) is 1. The Balaban J connectivity index is 1.58. The van der Waals surface area contributed by atoms with E-state index in [-0.39, 0.29) is 30.5 Å². The van der Waals surface area contributed by atoms with E-state index >= 15 is 0 Å². The van der Waals surface area contributed by atoms with E-state index in [4.69, 9.17) is 0 Å². The summed E-state index contributed by atoms with van der Waals surface area (Å²) in [5.74, 6) is -0.969. The minimum absolute atomic E-state index is 0.00836. The van der Waals surface area contributed by atoms with Crippen LogP contribution in [0.15, 0.2) is 54.6 Å². The molecule has 2 aromatic rings. The smallest absolute Gasteiger partial charge is 0.406 e. The fraction of sp³-hybridized carbons (Fsp3) is 0.263. The molecular weight excluding hydrogens is 361 g/mol. The summed E-state index contributed by atoms with van der Waals surface area (Å²) >= 11 is 0. The van der Waals surface area contributed by atoms with Crippen LogP contribution in [0.3, 0.4) is 0 Å². The number of halogens is 3. The van der Waals surface area contributed by atoms with Crippen molar-refractivity contribution in [2.75, 3.05) is 11.9 Å². The molecule has 1 N–H and O–H groups in total. The maximum absolute atomic E-state index is 12.5. The summed E-state index contributed by atoms with van der Waals surface area (Å²) in [5.41, 5.74) is 1.45. The van der Waals surface area contributed by atoms with Gasteiger partial charge in [0.25, 0.3) is 5.91 Å². The number of rotatable bonds is 6. The molecule has 27 heavy (non-hydrogen) atoms. The topological polar surface area (TPSA) is 58.6 Å². The first-order chi connectivity index (χ1) is 12.8. The van der Waals surface area contributed by atoms with Crippen molar-refractivity contribution in [3.8, 4) is 5.75 Å². The molecule has 0 saturated carbocycles. The lowest BCUT2D eigenvalue weighted by Crippen LogP contribution is -2.36. The molecule has 0 radical (unpaired) electrons. The first-order valence-corrected chi connectivity index (χ1v) is 8.32. The minimum Gasteiger partial charge on any atom is -0.406 e. The third-order valence-electron chi connectivity index (χ3n) is 4.14. The average Bonchev–Trinajstić information content (AvgIpc) is 2.88. The maximum atomic E-state index is 12.5. The number of amides is 2. The number of alkyl halides is 3. The van der Waals surface area contributed by atoms with E-state index in [0.717, 1.165) is 17.7 Å². The number of carbonyl (C=O) groups excluding carboxylic acids is 2. The normalized spacial score (nSPS) is 17.3. The Morgan fingerprint density at radius 3 is 2.33 bits per heavy atom. The van der Waals surface area contributed by atoms with Crippen molar-refractivity contribution < 1.29 is 27.5 Å². The quantitative estimate of drug-likeness (QED) is 0.783. The molecule has 1 saturated heterocycles. The number of hydrogen-bond donors (Lipinski definition) is 1. The summed E-state index contributed by atoms with van der Waals surface area (Å²) in [7, 11) is 0. The van der Waals surface area contributed by atoms with Gasteiger partial charge in [-0.2, -0.15) is 0 Å². The zero-order valence-electron chi connectivity index (χ0n) is 14.2. The van der Waals surface area contributed by atoms with Crippen LogP contribution >= 0.6 is 0 Å². The Morgan fingerprint density at radius 1 is 1.04 bits per heavy atom. The van der Waals surface area contributed by atoms with Gasteiger partial charge in [0.15, 0.2) is 0 Å². The molecule has 0 bridgehead atoms. The number of ether oxygens (including phenoxy) is 1. The van der Waals surface area contributed by atoms with Crippen LogP contribution in [0.4, 0.5) is 18.9 Å². The molecule has 2 aromatic carbocycles. The van der Waals surface area contributed by atoms with E-state index < -0.39 is 12.4 Å². The zero-order chi connectivity index (χ0) is 19.4. The van der Waals surface area contributed by atoms with Gasteiger partial charge in [-0.1, -0.05) is 30.3 Å². The van der Waals surface area contributed by atoms with Crippen LogP contribution in [0.5, 0.6) is 5.75 Å². The van der Waals surface area contributed by atoms with Gasteiger partial charge in [-0.15, -0.1) is 13.2 Å². The summed E-state index contributed by atoms with van der Waals surface area (Å²) < 4.78 is 40.3. The zero-order valence-corrected chi connectivity index (χ0v) is 14.2. The van der Waals surface area contributed by atoms with Crippen LogP contribution in [-0.2, 0) is 16.0 Å². The number of benzene rings is 2. The fourth-order valence-electron chi connectivity index (χ4n) is 2.87. The van der Waals surface area contributed by atoms with Crippen molar-refractivity contribution in [1.29, 1.82) is 0 Å². The summed E-state index contributed by atoms with van der Waals surface area (Å²) in [6, 6.07) is 13.8. The number of carbonyl (C=O) groups is 2. The van der Waals surface area contributed by atoms with Crippen molar-refractivity contribution in [3.05, 3.63) is 60.2 Å². The van der Waals surface area contributed by atoms with E-state index in [0.29, 0.717) is 12.1 Å². The highest BCUT2D eigenvalue weighted by Gasteiger charge is 2.38. The lowest BCUT2D eigenvalue weighted by atomic mass is 10.1. The van der Waals surface area contributed by atoms with Crippen molar-refractivity contribution >= 4 is 17.5 Å². The molecule has 3 rings (SSSR count). The molecule has 0 spiro atoms. The maximum Gasteiger partial charge on any atom is 0.573 e. The van der Waals surface area contributed by atoms with Crippen LogP contribution in [0.1, 0.15) is 12.0 Å². The minimum atomic E-state index is -4.76. The van der Waals surface area contributed by atoms with E-state index in [1.165, 1.54) is 17.0 Å². The van der Waals surface area contributed by atoms with Crippen molar-refractivity contribution in [1.82, 2.24) is 4.90 Å². The van der Waals surface area contributed by atoms with Crippen LogP contribution < -0.4 is 10.1 Å². The third-order valence-corrected chi connectivity index (χ3v) is 4.14. The summed E-state index contributed by atoms with van der Waals surface area (Å²) in [4.78, 5) is 25.8. The first kappa shape index (κ1) is 18.8. The van der Waals surface area contributed by atoms with Crippen LogP contribution in [0, 0.1) is 0 Å². The number of nitrogens with zero attached hydrogens (tertiary/aromatic N) is 1. The van der Waals surface area contributed by atoms with Gasteiger partial charge < -0.3 is 10.1 Å². The number of hydrogen-bond acceptors (Lipinski definition) is 4. The second kappa shape index (κ2) is 7.69. The molecule has 142 valence electrons. The lowest BCUT2D eigenvalue weighted by molar-refractivity contribution is -0.274. The number of imide groups is 1. The van der Waals surface area contributed by atoms with E-state index in [9.17, 15) is 22.8 Å². The Kier molecular flexibility index (Phi) is 5.34. The highest BCUT2D eigenvalue weighted by atomic mass is 19.4. The highest BCUT2D eigenvalue weighted by molar-refractivity contribution is 6.06.